The van der Waals surface area contributed by atoms with Crippen LogP contribution in [0.25, 0.3) is 22.4 Å². The van der Waals surface area contributed by atoms with Gasteiger partial charge in [-0.3, -0.25) is 4.34 Å². The summed E-state index contributed by atoms with van der Waals surface area (Å²) < 4.78 is 6.87. The van der Waals surface area contributed by atoms with E-state index < -0.39 is 0 Å². The Morgan fingerprint density at radius 1 is 1.21 bits per heavy atom. The Bertz CT molecular complexity index is 741. The highest BCUT2D eigenvalue weighted by atomic mass is 35.5. The molecule has 1 unspecified atom stereocenters. The average Bonchev–Trinajstić information content (AvgIpc) is 2.80. The molecule has 0 saturated heterocycles. The Morgan fingerprint density at radius 2 is 1.95 bits per heavy atom. The molecular weight excluding hydrogens is 283 g/mol. The topological polar surface area (TPSA) is 52.8 Å². The normalized spacial score (nSPS) is 10.9. The van der Waals surface area contributed by atoms with Gasteiger partial charge in [0.2, 0.25) is 5.28 Å². The number of benzene rings is 1. The smallest absolute Gasteiger partial charge is 0.225 e. The zero-order valence-electron chi connectivity index (χ0n) is 10.0. The first-order valence-corrected chi connectivity index (χ1v) is 6.38. The zero-order chi connectivity index (χ0) is 13.4. The Morgan fingerprint density at radius 3 is 2.63 bits per heavy atom. The fraction of sp³-hybridized carbons (Fsp3) is 0.0833. The van der Waals surface area contributed by atoms with E-state index in [1.807, 2.05) is 24.3 Å². The third-order valence-electron chi connectivity index (χ3n) is 2.76. The van der Waals surface area contributed by atoms with Gasteiger partial charge in [0.1, 0.15) is 23.3 Å². The largest absolute Gasteiger partial charge is 0.497 e. The molecule has 3 rings (SSSR count). The number of fused-ring (bicyclic) bond motifs is 1. The fourth-order valence-electron chi connectivity index (χ4n) is 1.84. The van der Waals surface area contributed by atoms with E-state index in [2.05, 4.69) is 24.3 Å². The van der Waals surface area contributed by atoms with Gasteiger partial charge in [-0.15, -0.1) is 0 Å². The van der Waals surface area contributed by atoms with E-state index in [0.717, 1.165) is 11.3 Å². The van der Waals surface area contributed by atoms with Gasteiger partial charge >= 0.3 is 0 Å². The highest BCUT2D eigenvalue weighted by Crippen LogP contribution is 2.28. The van der Waals surface area contributed by atoms with Gasteiger partial charge in [0.15, 0.2) is 5.65 Å². The second-order valence-electron chi connectivity index (χ2n) is 3.89. The molecule has 0 N–H and O–H groups in total. The van der Waals surface area contributed by atoms with Crippen LogP contribution in [0.5, 0.6) is 5.75 Å². The van der Waals surface area contributed by atoms with Gasteiger partial charge in [-0.25, -0.2) is 9.97 Å². The maximum atomic E-state index is 5.96. The number of imidazole rings is 1. The Hall–Kier alpha value is -1.71. The summed E-state index contributed by atoms with van der Waals surface area (Å²) >= 11 is 5.96. The minimum Gasteiger partial charge on any atom is -0.497 e. The number of hydrogen-bond acceptors (Lipinski definition) is 4. The summed E-state index contributed by atoms with van der Waals surface area (Å²) in [6, 6.07) is 7.57. The molecule has 0 spiro atoms. The van der Waals surface area contributed by atoms with Gasteiger partial charge in [0.05, 0.1) is 7.11 Å². The molecule has 96 valence electrons. The van der Waals surface area contributed by atoms with Gasteiger partial charge in [0.25, 0.3) is 0 Å². The molecule has 1 atom stereocenters. The predicted octanol–water partition coefficient (Wildman–Crippen LogP) is 2.79. The van der Waals surface area contributed by atoms with Crippen molar-refractivity contribution in [2.75, 3.05) is 7.11 Å². The van der Waals surface area contributed by atoms with Crippen molar-refractivity contribution in [2.45, 2.75) is 0 Å². The monoisotopic (exact) mass is 292 g/mol. The summed E-state index contributed by atoms with van der Waals surface area (Å²) in [5, 5.41) is 0.197. The van der Waals surface area contributed by atoms with Crippen LogP contribution in [0.3, 0.4) is 0 Å². The van der Waals surface area contributed by atoms with Gasteiger partial charge in [0, 0.05) is 5.56 Å². The summed E-state index contributed by atoms with van der Waals surface area (Å²) in [4.78, 5) is 12.7. The first-order valence-electron chi connectivity index (χ1n) is 5.49. The van der Waals surface area contributed by atoms with Gasteiger partial charge in [-0.2, -0.15) is 4.98 Å². The molecule has 1 aromatic carbocycles. The lowest BCUT2D eigenvalue weighted by Crippen LogP contribution is -1.92. The molecule has 2 heterocycles. The van der Waals surface area contributed by atoms with Crippen LogP contribution in [-0.2, 0) is 0 Å². The van der Waals surface area contributed by atoms with E-state index >= 15 is 0 Å². The van der Waals surface area contributed by atoms with Crippen molar-refractivity contribution in [1.29, 1.82) is 0 Å². The average molecular weight is 293 g/mol. The van der Waals surface area contributed by atoms with Gasteiger partial charge < -0.3 is 4.74 Å². The van der Waals surface area contributed by atoms with Gasteiger partial charge in [-0.1, -0.05) is 0 Å². The summed E-state index contributed by atoms with van der Waals surface area (Å²) in [7, 11) is 4.14. The predicted molar refractivity (Wildman–Crippen MR) is 77.4 cm³/mol. The molecule has 0 aliphatic rings. The van der Waals surface area contributed by atoms with Gasteiger partial charge in [-0.05, 0) is 45.3 Å². The number of rotatable bonds is 2. The van der Waals surface area contributed by atoms with Crippen LogP contribution in [-0.4, -0.2) is 26.4 Å². The Kier molecular flexibility index (Phi) is 3.09. The zero-order valence-corrected chi connectivity index (χ0v) is 11.9. The molecule has 7 heteroatoms. The standard InChI is InChI=1S/C12H10ClN4OP/c1-18-8-4-2-7(3-5-8)9-10-11(16-12(13)15-9)17(19)6-14-10/h2-6H,19H2,1H3. The molecule has 0 aliphatic carbocycles. The van der Waals surface area contributed by atoms with E-state index in [4.69, 9.17) is 16.3 Å². The third kappa shape index (κ3) is 2.15. The Labute approximate surface area is 116 Å². The molecule has 3 aromatic rings. The third-order valence-corrected chi connectivity index (χ3v) is 3.30. The molecule has 2 aromatic heterocycles. The van der Waals surface area contributed by atoms with Crippen LogP contribution in [0.4, 0.5) is 0 Å². The van der Waals surface area contributed by atoms with Crippen LogP contribution in [0.2, 0.25) is 5.28 Å². The number of methoxy groups -OCH3 is 1. The molecular formula is C12H10ClN4OP. The molecule has 19 heavy (non-hydrogen) atoms. The summed E-state index contributed by atoms with van der Waals surface area (Å²) in [6.07, 6.45) is 1.66. The van der Waals surface area contributed by atoms with Crippen molar-refractivity contribution in [1.82, 2.24) is 19.3 Å². The molecule has 0 bridgehead atoms. The van der Waals surface area contributed by atoms with E-state index in [0.29, 0.717) is 16.9 Å². The van der Waals surface area contributed by atoms with Crippen molar-refractivity contribution in [3.05, 3.63) is 35.9 Å². The first kappa shape index (κ1) is 12.3. The van der Waals surface area contributed by atoms with Crippen molar-refractivity contribution in [3.8, 4) is 17.0 Å². The second-order valence-corrected chi connectivity index (χ2v) is 4.79. The fourth-order valence-corrected chi connectivity index (χ4v) is 2.25. The molecule has 0 amide bonds. The lowest BCUT2D eigenvalue weighted by atomic mass is 10.1. The van der Waals surface area contributed by atoms with Crippen LogP contribution in [0, 0.1) is 0 Å². The number of hydrogen-bond donors (Lipinski definition) is 0. The van der Waals surface area contributed by atoms with Crippen molar-refractivity contribution in [2.24, 2.45) is 0 Å². The summed E-state index contributed by atoms with van der Waals surface area (Å²) in [6.45, 7) is 0. The molecule has 5 nitrogen and oxygen atoms in total. The quantitative estimate of drug-likeness (QED) is 0.538. The van der Waals surface area contributed by atoms with Crippen molar-refractivity contribution < 1.29 is 4.74 Å². The van der Waals surface area contributed by atoms with E-state index in [1.54, 1.807) is 17.8 Å². The van der Waals surface area contributed by atoms with Crippen LogP contribution in [0.15, 0.2) is 30.6 Å². The number of halogens is 1. The lowest BCUT2D eigenvalue weighted by molar-refractivity contribution is 0.415. The number of nitrogens with zero attached hydrogens (tertiary/aromatic N) is 4. The van der Waals surface area contributed by atoms with E-state index in [-0.39, 0.29) is 5.28 Å². The maximum absolute atomic E-state index is 5.96. The lowest BCUT2D eigenvalue weighted by Gasteiger charge is -2.04. The SMILES string of the molecule is COc1ccc(-c2nc(Cl)nc3c2ncn3P)cc1. The summed E-state index contributed by atoms with van der Waals surface area (Å²) in [5.74, 6) is 0.789. The van der Waals surface area contributed by atoms with Crippen molar-refractivity contribution >= 4 is 32.2 Å². The Balaban J connectivity index is 2.23. The molecule has 0 radical (unpaired) electrons. The highest BCUT2D eigenvalue weighted by molar-refractivity contribution is 7.14. The van der Waals surface area contributed by atoms with Crippen LogP contribution >= 0.6 is 21.0 Å². The first-order chi connectivity index (χ1) is 9.19. The van der Waals surface area contributed by atoms with Crippen LogP contribution < -0.4 is 4.74 Å². The maximum Gasteiger partial charge on any atom is 0.225 e. The van der Waals surface area contributed by atoms with Crippen LogP contribution in [0.1, 0.15) is 0 Å². The molecule has 0 fully saturated rings. The molecule has 0 aliphatic heterocycles. The second kappa shape index (κ2) is 4.76. The highest BCUT2D eigenvalue weighted by Gasteiger charge is 2.12. The van der Waals surface area contributed by atoms with E-state index in [9.17, 15) is 0 Å². The summed E-state index contributed by atoms with van der Waals surface area (Å²) in [5.41, 5.74) is 3.01. The minimum atomic E-state index is 0.197. The van der Waals surface area contributed by atoms with Crippen molar-refractivity contribution in [3.63, 3.8) is 0 Å². The number of ether oxygens (including phenoxy) is 1. The minimum absolute atomic E-state index is 0.197. The van der Waals surface area contributed by atoms with E-state index in [1.165, 1.54) is 0 Å². The molecule has 0 saturated carbocycles. The number of aromatic nitrogens is 4.